The maximum Gasteiger partial charge on any atom is 0.232 e. The van der Waals surface area contributed by atoms with Gasteiger partial charge < -0.3 is 14.4 Å². The average Bonchev–Trinajstić information content (AvgIpc) is 2.73. The molecule has 3 unspecified atom stereocenters. The fraction of sp³-hybridized carbons (Fsp3) is 0.846. The third-order valence-electron chi connectivity index (χ3n) is 3.01. The van der Waals surface area contributed by atoms with E-state index < -0.39 is 6.10 Å². The summed E-state index contributed by atoms with van der Waals surface area (Å²) in [7, 11) is 0. The van der Waals surface area contributed by atoms with Crippen molar-refractivity contribution in [1.82, 2.24) is 10.1 Å². The Morgan fingerprint density at radius 2 is 1.94 bits per heavy atom. The Morgan fingerprint density at radius 1 is 1.28 bits per heavy atom. The zero-order valence-electron chi connectivity index (χ0n) is 11.9. The van der Waals surface area contributed by atoms with Crippen LogP contribution < -0.4 is 0 Å². The minimum atomic E-state index is -0.509. The highest BCUT2D eigenvalue weighted by atomic mass is 16.5. The van der Waals surface area contributed by atoms with Gasteiger partial charge in [-0.05, 0) is 26.2 Å². The number of ether oxygens (including phenoxy) is 1. The van der Waals surface area contributed by atoms with E-state index in [1.165, 1.54) is 0 Å². The first kappa shape index (κ1) is 15.1. The van der Waals surface area contributed by atoms with Crippen LogP contribution in [-0.4, -0.2) is 28.0 Å². The van der Waals surface area contributed by atoms with Crippen LogP contribution in [0.25, 0.3) is 0 Å². The molecule has 0 bridgehead atoms. The molecule has 3 atom stereocenters. The van der Waals surface area contributed by atoms with E-state index in [1.807, 2.05) is 27.7 Å². The van der Waals surface area contributed by atoms with Crippen LogP contribution >= 0.6 is 0 Å². The highest BCUT2D eigenvalue weighted by Crippen LogP contribution is 2.28. The second kappa shape index (κ2) is 6.85. The van der Waals surface area contributed by atoms with E-state index in [0.29, 0.717) is 18.3 Å². The topological polar surface area (TPSA) is 68.4 Å². The first-order chi connectivity index (χ1) is 8.51. The van der Waals surface area contributed by atoms with Crippen molar-refractivity contribution in [2.45, 2.75) is 59.2 Å². The number of rotatable bonds is 7. The smallest absolute Gasteiger partial charge is 0.232 e. The predicted molar refractivity (Wildman–Crippen MR) is 68.2 cm³/mol. The summed E-state index contributed by atoms with van der Waals surface area (Å²) in [6.45, 7) is 10.4. The summed E-state index contributed by atoms with van der Waals surface area (Å²) in [5.41, 5.74) is 0. The maximum absolute atomic E-state index is 9.79. The molecule has 0 aliphatic carbocycles. The van der Waals surface area contributed by atoms with Gasteiger partial charge in [0.05, 0.1) is 12.0 Å². The molecule has 0 fully saturated rings. The van der Waals surface area contributed by atoms with E-state index in [0.717, 1.165) is 6.42 Å². The van der Waals surface area contributed by atoms with Gasteiger partial charge in [-0.1, -0.05) is 25.9 Å². The van der Waals surface area contributed by atoms with Crippen LogP contribution in [0.15, 0.2) is 4.52 Å². The molecule has 0 amide bonds. The number of hydrogen-bond donors (Lipinski definition) is 1. The Balaban J connectivity index is 2.89. The summed E-state index contributed by atoms with van der Waals surface area (Å²) < 4.78 is 10.8. The van der Waals surface area contributed by atoms with Gasteiger partial charge in [0.2, 0.25) is 11.7 Å². The molecule has 1 aromatic rings. The summed E-state index contributed by atoms with van der Waals surface area (Å²) in [6.07, 6.45) is 0.160. The van der Waals surface area contributed by atoms with Gasteiger partial charge in [-0.25, -0.2) is 0 Å². The summed E-state index contributed by atoms with van der Waals surface area (Å²) in [6, 6.07) is 0. The van der Waals surface area contributed by atoms with Gasteiger partial charge in [0, 0.05) is 6.61 Å². The van der Waals surface area contributed by atoms with Gasteiger partial charge in [0.15, 0.2) is 0 Å². The van der Waals surface area contributed by atoms with E-state index in [4.69, 9.17) is 9.26 Å². The van der Waals surface area contributed by atoms with E-state index in [-0.39, 0.29) is 17.9 Å². The summed E-state index contributed by atoms with van der Waals surface area (Å²) in [5.74, 6) is 1.17. The third-order valence-corrected chi connectivity index (χ3v) is 3.01. The van der Waals surface area contributed by atoms with Crippen molar-refractivity contribution in [1.29, 1.82) is 0 Å². The molecule has 5 nitrogen and oxygen atoms in total. The number of hydrogen-bond acceptors (Lipinski definition) is 5. The van der Waals surface area contributed by atoms with Gasteiger partial charge in [-0.3, -0.25) is 0 Å². The van der Waals surface area contributed by atoms with Gasteiger partial charge in [0.25, 0.3) is 0 Å². The predicted octanol–water partition coefficient (Wildman–Crippen LogP) is 2.68. The van der Waals surface area contributed by atoms with Gasteiger partial charge in [0.1, 0.15) is 6.10 Å². The van der Waals surface area contributed by atoms with Crippen LogP contribution in [-0.2, 0) is 4.74 Å². The standard InChI is InChI=1S/C13H24N2O3/c1-6-10(17-7-2)12-14-13(18-15-12)11(8(3)4)9(5)16/h8-11,16H,6-7H2,1-5H3. The Hall–Kier alpha value is -0.940. The molecule has 0 saturated heterocycles. The highest BCUT2D eigenvalue weighted by Gasteiger charge is 2.28. The molecule has 1 N–H and O–H groups in total. The fourth-order valence-electron chi connectivity index (χ4n) is 2.14. The van der Waals surface area contributed by atoms with Crippen molar-refractivity contribution in [2.75, 3.05) is 6.61 Å². The lowest BCUT2D eigenvalue weighted by Gasteiger charge is -2.19. The van der Waals surface area contributed by atoms with Gasteiger partial charge in [-0.2, -0.15) is 4.98 Å². The largest absolute Gasteiger partial charge is 0.393 e. The van der Waals surface area contributed by atoms with E-state index in [2.05, 4.69) is 10.1 Å². The molecule has 0 radical (unpaired) electrons. The molecular formula is C13H24N2O3. The zero-order valence-corrected chi connectivity index (χ0v) is 11.9. The number of aliphatic hydroxyl groups is 1. The Bertz CT molecular complexity index is 342. The van der Waals surface area contributed by atoms with Crippen molar-refractivity contribution in [3.05, 3.63) is 11.7 Å². The Morgan fingerprint density at radius 3 is 2.39 bits per heavy atom. The number of nitrogens with zero attached hydrogens (tertiary/aromatic N) is 2. The quantitative estimate of drug-likeness (QED) is 0.812. The third kappa shape index (κ3) is 3.53. The first-order valence-corrected chi connectivity index (χ1v) is 6.64. The van der Waals surface area contributed by atoms with Crippen LogP contribution in [0.5, 0.6) is 0 Å². The fourth-order valence-corrected chi connectivity index (χ4v) is 2.14. The van der Waals surface area contributed by atoms with E-state index in [1.54, 1.807) is 6.92 Å². The molecule has 104 valence electrons. The van der Waals surface area contributed by atoms with Crippen molar-refractivity contribution >= 4 is 0 Å². The van der Waals surface area contributed by atoms with Crippen LogP contribution in [0, 0.1) is 5.92 Å². The van der Waals surface area contributed by atoms with Crippen molar-refractivity contribution in [3.63, 3.8) is 0 Å². The molecule has 0 aromatic carbocycles. The average molecular weight is 256 g/mol. The molecular weight excluding hydrogens is 232 g/mol. The Kier molecular flexibility index (Phi) is 5.75. The molecule has 0 aliphatic heterocycles. The zero-order chi connectivity index (χ0) is 13.7. The summed E-state index contributed by atoms with van der Waals surface area (Å²) >= 11 is 0. The van der Waals surface area contributed by atoms with Crippen LogP contribution in [0.1, 0.15) is 64.8 Å². The maximum atomic E-state index is 9.79. The molecule has 18 heavy (non-hydrogen) atoms. The highest BCUT2D eigenvalue weighted by molar-refractivity contribution is 5.00. The Labute approximate surface area is 109 Å². The molecule has 0 aliphatic rings. The normalized spacial score (nSPS) is 16.8. The molecule has 1 heterocycles. The molecule has 0 spiro atoms. The molecule has 0 saturated carbocycles. The number of aliphatic hydroxyl groups excluding tert-OH is 1. The van der Waals surface area contributed by atoms with Crippen LogP contribution in [0.4, 0.5) is 0 Å². The van der Waals surface area contributed by atoms with E-state index in [9.17, 15) is 5.11 Å². The minimum absolute atomic E-state index is 0.130. The van der Waals surface area contributed by atoms with Crippen molar-refractivity contribution < 1.29 is 14.4 Å². The van der Waals surface area contributed by atoms with Crippen LogP contribution in [0.3, 0.4) is 0 Å². The monoisotopic (exact) mass is 256 g/mol. The second-order valence-electron chi connectivity index (χ2n) is 4.85. The van der Waals surface area contributed by atoms with Crippen molar-refractivity contribution in [2.24, 2.45) is 5.92 Å². The number of aromatic nitrogens is 2. The van der Waals surface area contributed by atoms with E-state index >= 15 is 0 Å². The summed E-state index contributed by atoms with van der Waals surface area (Å²) in [5, 5.41) is 13.8. The minimum Gasteiger partial charge on any atom is -0.393 e. The lowest BCUT2D eigenvalue weighted by molar-refractivity contribution is 0.0518. The first-order valence-electron chi connectivity index (χ1n) is 6.64. The van der Waals surface area contributed by atoms with Gasteiger partial charge >= 0.3 is 0 Å². The van der Waals surface area contributed by atoms with Crippen molar-refractivity contribution in [3.8, 4) is 0 Å². The lowest BCUT2D eigenvalue weighted by atomic mass is 9.91. The molecule has 5 heteroatoms. The van der Waals surface area contributed by atoms with Crippen LogP contribution in [0.2, 0.25) is 0 Å². The second-order valence-corrected chi connectivity index (χ2v) is 4.85. The lowest BCUT2D eigenvalue weighted by Crippen LogP contribution is -2.20. The summed E-state index contributed by atoms with van der Waals surface area (Å²) in [4.78, 5) is 4.38. The van der Waals surface area contributed by atoms with Gasteiger partial charge in [-0.15, -0.1) is 0 Å². The molecule has 1 rings (SSSR count). The SMILES string of the molecule is CCOC(CC)c1noc(C(C(C)C)C(C)O)n1. The molecule has 1 aromatic heterocycles.